The molecule has 4 aromatic rings. The van der Waals surface area contributed by atoms with Gasteiger partial charge in [0.05, 0.1) is 18.4 Å². The third-order valence-corrected chi connectivity index (χ3v) is 5.25. The molecule has 0 aliphatic heterocycles. The predicted molar refractivity (Wildman–Crippen MR) is 114 cm³/mol. The molecule has 3 heterocycles. The Kier molecular flexibility index (Phi) is 4.92. The Labute approximate surface area is 169 Å². The topological polar surface area (TPSA) is 83.8 Å². The molecular formula is C23H24N4O2. The fraction of sp³-hybridized carbons (Fsp3) is 0.261. The van der Waals surface area contributed by atoms with Crippen LogP contribution in [-0.2, 0) is 11.2 Å². The maximum Gasteiger partial charge on any atom is 0.230 e. The van der Waals surface area contributed by atoms with Crippen LogP contribution in [0.5, 0.6) is 0 Å². The number of rotatable bonds is 5. The number of carbonyl (C=O) groups is 1. The van der Waals surface area contributed by atoms with E-state index in [-0.39, 0.29) is 12.3 Å². The van der Waals surface area contributed by atoms with Crippen LogP contribution >= 0.6 is 0 Å². The first kappa shape index (κ1) is 18.9. The van der Waals surface area contributed by atoms with Gasteiger partial charge >= 0.3 is 0 Å². The lowest BCUT2D eigenvalue weighted by Crippen LogP contribution is -2.15. The van der Waals surface area contributed by atoms with Gasteiger partial charge in [-0.1, -0.05) is 13.8 Å². The molecule has 1 amide bonds. The van der Waals surface area contributed by atoms with Crippen molar-refractivity contribution in [3.8, 4) is 11.3 Å². The summed E-state index contributed by atoms with van der Waals surface area (Å²) in [5, 5.41) is 11.2. The van der Waals surface area contributed by atoms with Gasteiger partial charge in [-0.3, -0.25) is 14.9 Å². The lowest BCUT2D eigenvalue weighted by molar-refractivity contribution is -0.115. The molecule has 0 aliphatic rings. The first-order chi connectivity index (χ1) is 13.9. The predicted octanol–water partition coefficient (Wildman–Crippen LogP) is 5.14. The second kappa shape index (κ2) is 7.54. The molecule has 0 saturated heterocycles. The van der Waals surface area contributed by atoms with E-state index in [2.05, 4.69) is 47.3 Å². The third-order valence-electron chi connectivity index (χ3n) is 5.25. The summed E-state index contributed by atoms with van der Waals surface area (Å²) in [6.07, 6.45) is 5.36. The van der Waals surface area contributed by atoms with Crippen LogP contribution in [0, 0.1) is 13.8 Å². The summed E-state index contributed by atoms with van der Waals surface area (Å²) in [4.78, 5) is 16.7. The number of nitrogens with one attached hydrogen (secondary N) is 2. The molecule has 0 radical (unpaired) electrons. The standard InChI is InChI=1S/C23H24N4O2/c1-13(2)18-11-19-17(12-29-20(19)9-14(18)3)10-21(28)25-23-15(4)22(26-27-23)16-5-7-24-8-6-16/h5-9,11-13H,10H2,1-4H3,(H2,25,26,27,28). The lowest BCUT2D eigenvalue weighted by Gasteiger charge is -2.10. The first-order valence-electron chi connectivity index (χ1n) is 9.70. The average Bonchev–Trinajstić information content (AvgIpc) is 3.25. The summed E-state index contributed by atoms with van der Waals surface area (Å²) in [5.41, 5.74) is 6.89. The highest BCUT2D eigenvalue weighted by atomic mass is 16.3. The average molecular weight is 388 g/mol. The third kappa shape index (κ3) is 3.66. The van der Waals surface area contributed by atoms with E-state index in [9.17, 15) is 4.79 Å². The first-order valence-corrected chi connectivity index (χ1v) is 9.70. The van der Waals surface area contributed by atoms with Gasteiger partial charge in [0.1, 0.15) is 5.58 Å². The summed E-state index contributed by atoms with van der Waals surface area (Å²) in [6, 6.07) is 7.99. The Balaban J connectivity index is 1.55. The lowest BCUT2D eigenvalue weighted by atomic mass is 9.95. The number of pyridine rings is 1. The van der Waals surface area contributed by atoms with Gasteiger partial charge in [0.25, 0.3) is 0 Å². The maximum atomic E-state index is 12.7. The van der Waals surface area contributed by atoms with Gasteiger partial charge in [-0.15, -0.1) is 0 Å². The number of anilines is 1. The van der Waals surface area contributed by atoms with Crippen molar-refractivity contribution < 1.29 is 9.21 Å². The number of hydrogen-bond acceptors (Lipinski definition) is 4. The zero-order chi connectivity index (χ0) is 20.5. The van der Waals surface area contributed by atoms with Crippen LogP contribution < -0.4 is 5.32 Å². The molecule has 0 atom stereocenters. The Hall–Kier alpha value is -3.41. The van der Waals surface area contributed by atoms with Crippen molar-refractivity contribution in [3.63, 3.8) is 0 Å². The molecule has 1 aromatic carbocycles. The van der Waals surface area contributed by atoms with Crippen molar-refractivity contribution >= 4 is 22.7 Å². The number of fused-ring (bicyclic) bond motifs is 1. The monoisotopic (exact) mass is 388 g/mol. The summed E-state index contributed by atoms with van der Waals surface area (Å²) in [7, 11) is 0. The SMILES string of the molecule is Cc1cc2occ(CC(=O)Nc3n[nH]c(-c4ccncc4)c3C)c2cc1C(C)C. The van der Waals surface area contributed by atoms with E-state index in [0.29, 0.717) is 11.7 Å². The number of aryl methyl sites for hydroxylation is 1. The maximum absolute atomic E-state index is 12.7. The minimum Gasteiger partial charge on any atom is -0.464 e. The molecular weight excluding hydrogens is 364 g/mol. The van der Waals surface area contributed by atoms with Crippen LogP contribution in [0.1, 0.15) is 42.0 Å². The fourth-order valence-corrected chi connectivity index (χ4v) is 3.67. The molecule has 6 nitrogen and oxygen atoms in total. The zero-order valence-electron chi connectivity index (χ0n) is 17.0. The normalized spacial score (nSPS) is 11.3. The van der Waals surface area contributed by atoms with E-state index in [1.54, 1.807) is 18.7 Å². The number of furan rings is 1. The quantitative estimate of drug-likeness (QED) is 0.496. The van der Waals surface area contributed by atoms with E-state index in [1.807, 2.05) is 25.1 Å². The summed E-state index contributed by atoms with van der Waals surface area (Å²) in [5.74, 6) is 0.817. The molecule has 0 spiro atoms. The molecule has 0 aliphatic carbocycles. The van der Waals surface area contributed by atoms with Crippen LogP contribution in [0.15, 0.2) is 47.3 Å². The molecule has 3 aromatic heterocycles. The van der Waals surface area contributed by atoms with E-state index in [1.165, 1.54) is 11.1 Å². The second-order valence-corrected chi connectivity index (χ2v) is 7.65. The summed E-state index contributed by atoms with van der Waals surface area (Å²) < 4.78 is 5.69. The number of nitrogens with zero attached hydrogens (tertiary/aromatic N) is 2. The smallest absolute Gasteiger partial charge is 0.230 e. The number of amides is 1. The molecule has 148 valence electrons. The summed E-state index contributed by atoms with van der Waals surface area (Å²) >= 11 is 0. The van der Waals surface area contributed by atoms with Crippen molar-refractivity contribution in [2.24, 2.45) is 0 Å². The number of aromatic amines is 1. The Bertz CT molecular complexity index is 1170. The Morgan fingerprint density at radius 3 is 2.69 bits per heavy atom. The van der Waals surface area contributed by atoms with Crippen LogP contribution in [0.4, 0.5) is 5.82 Å². The molecule has 4 rings (SSSR count). The van der Waals surface area contributed by atoms with E-state index in [0.717, 1.165) is 33.4 Å². The minimum atomic E-state index is -0.129. The second-order valence-electron chi connectivity index (χ2n) is 7.65. The van der Waals surface area contributed by atoms with Crippen molar-refractivity contribution in [2.45, 2.75) is 40.0 Å². The van der Waals surface area contributed by atoms with Gasteiger partial charge in [0.15, 0.2) is 5.82 Å². The molecule has 29 heavy (non-hydrogen) atoms. The highest BCUT2D eigenvalue weighted by Crippen LogP contribution is 2.30. The molecule has 0 saturated carbocycles. The highest BCUT2D eigenvalue weighted by Gasteiger charge is 2.17. The number of hydrogen-bond donors (Lipinski definition) is 2. The van der Waals surface area contributed by atoms with Crippen molar-refractivity contribution in [3.05, 3.63) is 65.2 Å². The Morgan fingerprint density at radius 2 is 1.97 bits per heavy atom. The fourth-order valence-electron chi connectivity index (χ4n) is 3.67. The highest BCUT2D eigenvalue weighted by molar-refractivity contribution is 5.96. The van der Waals surface area contributed by atoms with E-state index in [4.69, 9.17) is 4.42 Å². The van der Waals surface area contributed by atoms with Gasteiger partial charge < -0.3 is 9.73 Å². The Morgan fingerprint density at radius 1 is 1.21 bits per heavy atom. The zero-order valence-corrected chi connectivity index (χ0v) is 17.0. The molecule has 2 N–H and O–H groups in total. The van der Waals surface area contributed by atoms with Crippen molar-refractivity contribution in [2.75, 3.05) is 5.32 Å². The molecule has 0 bridgehead atoms. The van der Waals surface area contributed by atoms with Gasteiger partial charge in [-0.05, 0) is 55.2 Å². The number of aromatic nitrogens is 3. The van der Waals surface area contributed by atoms with Gasteiger partial charge in [-0.2, -0.15) is 5.10 Å². The minimum absolute atomic E-state index is 0.129. The van der Waals surface area contributed by atoms with Gasteiger partial charge in [0, 0.05) is 34.5 Å². The van der Waals surface area contributed by atoms with Crippen molar-refractivity contribution in [1.82, 2.24) is 15.2 Å². The van der Waals surface area contributed by atoms with Crippen LogP contribution in [0.25, 0.3) is 22.2 Å². The van der Waals surface area contributed by atoms with Gasteiger partial charge in [-0.25, -0.2) is 0 Å². The number of H-pyrrole nitrogens is 1. The molecule has 0 unspecified atom stereocenters. The van der Waals surface area contributed by atoms with Crippen LogP contribution in [-0.4, -0.2) is 21.1 Å². The summed E-state index contributed by atoms with van der Waals surface area (Å²) in [6.45, 7) is 8.35. The van der Waals surface area contributed by atoms with Crippen molar-refractivity contribution in [1.29, 1.82) is 0 Å². The molecule has 0 fully saturated rings. The van der Waals surface area contributed by atoms with Crippen LogP contribution in [0.3, 0.4) is 0 Å². The largest absolute Gasteiger partial charge is 0.464 e. The number of carbonyl (C=O) groups excluding carboxylic acids is 1. The van der Waals surface area contributed by atoms with Crippen LogP contribution in [0.2, 0.25) is 0 Å². The van der Waals surface area contributed by atoms with Gasteiger partial charge in [0.2, 0.25) is 5.91 Å². The molecule has 6 heteroatoms. The van der Waals surface area contributed by atoms with E-state index >= 15 is 0 Å². The van der Waals surface area contributed by atoms with E-state index < -0.39 is 0 Å². The number of benzene rings is 1.